The summed E-state index contributed by atoms with van der Waals surface area (Å²) in [4.78, 5) is 62.3. The number of benzene rings is 1. The Morgan fingerprint density at radius 2 is 1.84 bits per heavy atom. The highest BCUT2D eigenvalue weighted by Gasteiger charge is 2.62. The SMILES string of the molecule is C=CC1CC1(NC(=O)[C@@H]1C[C@@H]2CN1C(=O)[C@H](C1CCCCC1)NC(=O)OCC(C)(C)CCCc1cc3c(cc(OCC(F)(F)F)nc3cc1OC)O2)C(=O)NS(=O)(=O)C1CC1. The van der Waals surface area contributed by atoms with Crippen molar-refractivity contribution in [1.29, 1.82) is 0 Å². The van der Waals surface area contributed by atoms with Gasteiger partial charge in [-0.3, -0.25) is 19.1 Å². The summed E-state index contributed by atoms with van der Waals surface area (Å²) in [7, 11) is -2.51. The number of alkyl carbamates (subject to hydrolysis) is 1. The molecule has 1 aromatic carbocycles. The summed E-state index contributed by atoms with van der Waals surface area (Å²) in [6.07, 6.45) is 1.43. The Morgan fingerprint density at radius 1 is 1.10 bits per heavy atom. The van der Waals surface area contributed by atoms with Gasteiger partial charge in [-0.2, -0.15) is 13.2 Å². The van der Waals surface area contributed by atoms with Gasteiger partial charge in [0.25, 0.3) is 5.91 Å². The Kier molecular flexibility index (Phi) is 12.4. The monoisotopic (exact) mass is 877 g/mol. The number of hydrogen-bond acceptors (Lipinski definition) is 11. The van der Waals surface area contributed by atoms with Gasteiger partial charge in [0.2, 0.25) is 27.7 Å². The number of pyridine rings is 1. The van der Waals surface area contributed by atoms with Crippen LogP contribution in [0.1, 0.15) is 90.0 Å². The summed E-state index contributed by atoms with van der Waals surface area (Å²) < 4.78 is 90.8. The summed E-state index contributed by atoms with van der Waals surface area (Å²) >= 11 is 0. The topological polar surface area (TPSA) is 192 Å². The van der Waals surface area contributed by atoms with Crippen molar-refractivity contribution in [3.05, 3.63) is 36.4 Å². The summed E-state index contributed by atoms with van der Waals surface area (Å²) in [6, 6.07) is 2.23. The number of cyclic esters (lactones) is 1. The highest BCUT2D eigenvalue weighted by molar-refractivity contribution is 7.91. The Labute approximate surface area is 352 Å². The summed E-state index contributed by atoms with van der Waals surface area (Å²) in [5.41, 5.74) is -1.16. The molecule has 3 heterocycles. The van der Waals surface area contributed by atoms with Crippen LogP contribution < -0.4 is 29.6 Å². The second-order valence-electron chi connectivity index (χ2n) is 17.8. The first kappa shape index (κ1) is 44.3. The first-order valence-electron chi connectivity index (χ1n) is 20.9. The number of hydrogen-bond donors (Lipinski definition) is 3. The fourth-order valence-corrected chi connectivity index (χ4v) is 10.2. The van der Waals surface area contributed by atoms with E-state index in [0.29, 0.717) is 56.1 Å². The van der Waals surface area contributed by atoms with Crippen molar-refractivity contribution < 1.29 is 59.7 Å². The first-order valence-corrected chi connectivity index (χ1v) is 22.5. The number of nitrogens with one attached hydrogen (secondary N) is 3. The number of methoxy groups -OCH3 is 1. The average molecular weight is 878 g/mol. The smallest absolute Gasteiger partial charge is 0.422 e. The quantitative estimate of drug-likeness (QED) is 0.265. The van der Waals surface area contributed by atoms with Crippen molar-refractivity contribution in [2.45, 2.75) is 126 Å². The van der Waals surface area contributed by atoms with Gasteiger partial charge in [-0.25, -0.2) is 18.2 Å². The summed E-state index contributed by atoms with van der Waals surface area (Å²) in [5.74, 6) is -3.00. The maximum absolute atomic E-state index is 14.9. The standard InChI is InChI=1S/C42H54F3N5O10S/c1-5-26-20-41(26,38(53)49-61(55,56)28-13-14-28)48-36(51)31-17-27-21-50(31)37(52)35(24-10-7-6-8-11-24)47-39(54)59-22-40(2,3)15-9-12-25-16-29-30(18-32(25)57-4)46-34(19-33(29)60-27)58-23-42(43,44)45/h5,16,18-19,24,26-28,31,35H,1,6-15,17,20-23H2,2-4H3,(H,47,54)(H,48,51)(H,49,53)/t26?,27-,31+,35+,41?/m1/s1. The minimum atomic E-state index is -4.67. The molecule has 0 radical (unpaired) electrons. The minimum absolute atomic E-state index is 0.0454. The first-order chi connectivity index (χ1) is 28.8. The van der Waals surface area contributed by atoms with E-state index in [0.717, 1.165) is 24.8 Å². The van der Waals surface area contributed by atoms with E-state index in [9.17, 15) is 40.8 Å². The molecule has 4 bridgehead atoms. The van der Waals surface area contributed by atoms with Gasteiger partial charge in [0.05, 0.1) is 31.0 Å². The molecule has 3 N–H and O–H groups in total. The lowest BCUT2D eigenvalue weighted by atomic mass is 9.83. The fourth-order valence-electron chi connectivity index (χ4n) is 8.82. The minimum Gasteiger partial charge on any atom is -0.496 e. The van der Waals surface area contributed by atoms with Crippen molar-refractivity contribution in [3.8, 4) is 17.4 Å². The number of halogens is 3. The lowest BCUT2D eigenvalue weighted by Gasteiger charge is -2.35. The van der Waals surface area contributed by atoms with Crippen molar-refractivity contribution in [3.63, 3.8) is 0 Å². The molecule has 15 nitrogen and oxygen atoms in total. The summed E-state index contributed by atoms with van der Waals surface area (Å²) in [6.45, 7) is 5.90. The fraction of sp³-hybridized carbons (Fsp3) is 0.643. The van der Waals surface area contributed by atoms with E-state index < -0.39 is 86.9 Å². The number of sulfonamides is 1. The van der Waals surface area contributed by atoms with E-state index in [-0.39, 0.29) is 49.1 Å². The van der Waals surface area contributed by atoms with Crippen LogP contribution >= 0.6 is 0 Å². The van der Waals surface area contributed by atoms with Crippen LogP contribution in [0.5, 0.6) is 17.4 Å². The Bertz CT molecular complexity index is 2160. The number of rotatable bonds is 10. The number of carbonyl (C=O) groups is 4. The highest BCUT2D eigenvalue weighted by Crippen LogP contribution is 2.46. The van der Waals surface area contributed by atoms with Gasteiger partial charge in [-0.1, -0.05) is 39.2 Å². The van der Waals surface area contributed by atoms with Gasteiger partial charge < -0.3 is 34.5 Å². The number of aromatic nitrogens is 1. The Morgan fingerprint density at radius 3 is 2.49 bits per heavy atom. The molecule has 3 saturated carbocycles. The maximum Gasteiger partial charge on any atom is 0.422 e. The second kappa shape index (κ2) is 17.2. The molecule has 1 saturated heterocycles. The molecule has 61 heavy (non-hydrogen) atoms. The number of carbonyl (C=O) groups excluding carboxylic acids is 4. The predicted octanol–water partition coefficient (Wildman–Crippen LogP) is 5.24. The second-order valence-corrected chi connectivity index (χ2v) is 19.8. The molecule has 4 fully saturated rings. The molecule has 2 aromatic rings. The van der Waals surface area contributed by atoms with Gasteiger partial charge in [0.15, 0.2) is 6.61 Å². The third kappa shape index (κ3) is 10.1. The normalized spacial score (nSPS) is 27.5. The summed E-state index contributed by atoms with van der Waals surface area (Å²) in [5, 5.41) is 5.31. The molecule has 7 rings (SSSR count). The average Bonchev–Trinajstić information content (AvgIpc) is 4.14. The van der Waals surface area contributed by atoms with Crippen molar-refractivity contribution in [2.75, 3.05) is 26.9 Å². The maximum atomic E-state index is 14.9. The van der Waals surface area contributed by atoms with Crippen LogP contribution in [0, 0.1) is 17.3 Å². The van der Waals surface area contributed by atoms with Crippen LogP contribution in [0.3, 0.4) is 0 Å². The molecule has 0 spiro atoms. The largest absolute Gasteiger partial charge is 0.496 e. The van der Waals surface area contributed by atoms with Crippen LogP contribution in [0.4, 0.5) is 18.0 Å². The predicted molar refractivity (Wildman–Crippen MR) is 215 cm³/mol. The number of alkyl halides is 3. The van der Waals surface area contributed by atoms with Crippen LogP contribution in [-0.4, -0.2) is 104 Å². The third-order valence-electron chi connectivity index (χ3n) is 12.5. The number of nitrogens with zero attached hydrogens (tertiary/aromatic N) is 2. The molecule has 19 heteroatoms. The van der Waals surface area contributed by atoms with E-state index in [1.165, 1.54) is 24.2 Å². The number of amides is 4. The van der Waals surface area contributed by atoms with E-state index in [4.69, 9.17) is 18.9 Å². The molecule has 4 amide bonds. The van der Waals surface area contributed by atoms with Crippen molar-refractivity contribution in [2.24, 2.45) is 17.3 Å². The zero-order valence-corrected chi connectivity index (χ0v) is 35.4. The number of fused-ring (bicyclic) bond motifs is 3. The van der Waals surface area contributed by atoms with E-state index in [1.54, 1.807) is 12.1 Å². The van der Waals surface area contributed by atoms with Crippen LogP contribution in [0.2, 0.25) is 0 Å². The zero-order valence-electron chi connectivity index (χ0n) is 34.6. The van der Waals surface area contributed by atoms with Crippen molar-refractivity contribution in [1.82, 2.24) is 25.2 Å². The highest BCUT2D eigenvalue weighted by atomic mass is 32.2. The molecular weight excluding hydrogens is 824 g/mol. The van der Waals surface area contributed by atoms with Crippen LogP contribution in [0.25, 0.3) is 10.9 Å². The van der Waals surface area contributed by atoms with Crippen LogP contribution in [0.15, 0.2) is 30.9 Å². The van der Waals surface area contributed by atoms with Gasteiger partial charge in [-0.05, 0) is 74.3 Å². The van der Waals surface area contributed by atoms with Gasteiger partial charge in [0, 0.05) is 29.9 Å². The zero-order chi connectivity index (χ0) is 43.9. The molecule has 5 aliphatic rings. The Balaban J connectivity index is 1.28. The molecule has 5 atom stereocenters. The molecule has 334 valence electrons. The Hall–Kier alpha value is -4.81. The number of aryl methyl sites for hydroxylation is 1. The van der Waals surface area contributed by atoms with Crippen molar-refractivity contribution >= 4 is 44.7 Å². The lowest BCUT2D eigenvalue weighted by Crippen LogP contribution is -2.59. The van der Waals surface area contributed by atoms with E-state index in [1.807, 2.05) is 13.8 Å². The molecule has 3 aliphatic carbocycles. The van der Waals surface area contributed by atoms with E-state index in [2.05, 4.69) is 26.9 Å². The van der Waals surface area contributed by atoms with Gasteiger partial charge in [-0.15, -0.1) is 6.58 Å². The molecule has 1 aromatic heterocycles. The molecule has 2 aliphatic heterocycles. The van der Waals surface area contributed by atoms with Gasteiger partial charge in [0.1, 0.15) is 35.2 Å². The van der Waals surface area contributed by atoms with E-state index >= 15 is 0 Å². The lowest BCUT2D eigenvalue weighted by molar-refractivity contribution is -0.154. The van der Waals surface area contributed by atoms with Gasteiger partial charge >= 0.3 is 12.3 Å². The number of ether oxygens (including phenoxy) is 4. The van der Waals surface area contributed by atoms with Crippen LogP contribution in [-0.2, 0) is 35.6 Å². The molecular formula is C42H54F3N5O10S. The third-order valence-corrected chi connectivity index (χ3v) is 14.3. The molecule has 2 unspecified atom stereocenters.